The number of hydrogen-bond donors (Lipinski definition) is 3. The largest absolute Gasteiger partial charge is 0.382 e. The SMILES string of the molecule is Nc1[nH]nnc1C(=O)NCc1cc(Cl)c(C(=O)c2ccc(Cl)c(Cl)c2)c(Cl)c1. The van der Waals surface area contributed by atoms with Crippen LogP contribution in [0.3, 0.4) is 0 Å². The van der Waals surface area contributed by atoms with Crippen LogP contribution in [0.15, 0.2) is 30.3 Å². The molecule has 0 unspecified atom stereocenters. The summed E-state index contributed by atoms with van der Waals surface area (Å²) in [4.78, 5) is 24.8. The van der Waals surface area contributed by atoms with E-state index in [1.54, 1.807) is 0 Å². The third-order valence-corrected chi connectivity index (χ3v) is 5.09. The highest BCUT2D eigenvalue weighted by molar-refractivity contribution is 6.43. The molecule has 0 atom stereocenters. The van der Waals surface area contributed by atoms with Gasteiger partial charge in [-0.2, -0.15) is 0 Å². The zero-order valence-electron chi connectivity index (χ0n) is 13.9. The molecule has 0 aliphatic rings. The second-order valence-electron chi connectivity index (χ2n) is 5.65. The Kier molecular flexibility index (Phi) is 6.10. The molecular formula is C17H11Cl4N5O2. The molecule has 0 fully saturated rings. The molecule has 0 radical (unpaired) electrons. The topological polar surface area (TPSA) is 114 Å². The minimum absolute atomic E-state index is 0.0244. The second-order valence-corrected chi connectivity index (χ2v) is 7.28. The number of amides is 1. The minimum Gasteiger partial charge on any atom is -0.382 e. The third-order valence-electron chi connectivity index (χ3n) is 3.75. The van der Waals surface area contributed by atoms with E-state index in [1.165, 1.54) is 30.3 Å². The van der Waals surface area contributed by atoms with E-state index >= 15 is 0 Å². The maximum Gasteiger partial charge on any atom is 0.275 e. The van der Waals surface area contributed by atoms with Gasteiger partial charge in [0, 0.05) is 12.1 Å². The number of halogens is 4. The maximum absolute atomic E-state index is 12.7. The van der Waals surface area contributed by atoms with Crippen molar-refractivity contribution in [2.24, 2.45) is 0 Å². The fourth-order valence-corrected chi connectivity index (χ4v) is 3.40. The first-order valence-electron chi connectivity index (χ1n) is 7.70. The molecule has 0 aliphatic carbocycles. The van der Waals surface area contributed by atoms with Crippen molar-refractivity contribution in [2.45, 2.75) is 6.54 Å². The number of nitrogen functional groups attached to an aromatic ring is 1. The number of nitrogens with two attached hydrogens (primary N) is 1. The monoisotopic (exact) mass is 457 g/mol. The van der Waals surface area contributed by atoms with Crippen molar-refractivity contribution in [2.75, 3.05) is 5.73 Å². The molecule has 0 spiro atoms. The van der Waals surface area contributed by atoms with Crippen molar-refractivity contribution in [3.8, 4) is 0 Å². The quantitative estimate of drug-likeness (QED) is 0.496. The molecular weight excluding hydrogens is 448 g/mol. The number of nitrogens with zero attached hydrogens (tertiary/aromatic N) is 2. The average Bonchev–Trinajstić information content (AvgIpc) is 3.07. The van der Waals surface area contributed by atoms with Crippen LogP contribution in [0.5, 0.6) is 0 Å². The molecule has 2 aromatic carbocycles. The zero-order valence-corrected chi connectivity index (χ0v) is 16.9. The van der Waals surface area contributed by atoms with Gasteiger partial charge in [-0.1, -0.05) is 51.6 Å². The Morgan fingerprint density at radius 2 is 1.68 bits per heavy atom. The molecule has 1 amide bonds. The van der Waals surface area contributed by atoms with E-state index in [-0.39, 0.29) is 38.7 Å². The van der Waals surface area contributed by atoms with Gasteiger partial charge in [-0.3, -0.25) is 9.59 Å². The molecule has 4 N–H and O–H groups in total. The van der Waals surface area contributed by atoms with Crippen molar-refractivity contribution in [1.82, 2.24) is 20.7 Å². The molecule has 3 aromatic rings. The van der Waals surface area contributed by atoms with Crippen molar-refractivity contribution in [3.05, 3.63) is 72.8 Å². The summed E-state index contributed by atoms with van der Waals surface area (Å²) in [6.45, 7) is 0.0891. The van der Waals surface area contributed by atoms with Crippen molar-refractivity contribution < 1.29 is 9.59 Å². The fourth-order valence-electron chi connectivity index (χ4n) is 2.40. The lowest BCUT2D eigenvalue weighted by Crippen LogP contribution is -2.24. The normalized spacial score (nSPS) is 10.7. The van der Waals surface area contributed by atoms with Crippen molar-refractivity contribution in [1.29, 1.82) is 0 Å². The van der Waals surface area contributed by atoms with Gasteiger partial charge in [-0.15, -0.1) is 5.10 Å². The second kappa shape index (κ2) is 8.36. The van der Waals surface area contributed by atoms with E-state index in [1.807, 2.05) is 0 Å². The Morgan fingerprint density at radius 1 is 1.00 bits per heavy atom. The number of anilines is 1. The zero-order chi connectivity index (χ0) is 20.4. The molecule has 7 nitrogen and oxygen atoms in total. The first kappa shape index (κ1) is 20.4. The van der Waals surface area contributed by atoms with E-state index in [0.717, 1.165) is 0 Å². The number of nitrogens with one attached hydrogen (secondary N) is 2. The molecule has 0 saturated carbocycles. The fraction of sp³-hybridized carbons (Fsp3) is 0.0588. The Hall–Kier alpha value is -2.32. The van der Waals surface area contributed by atoms with Crippen molar-refractivity contribution >= 4 is 63.9 Å². The van der Waals surface area contributed by atoms with Gasteiger partial charge in [0.25, 0.3) is 5.91 Å². The summed E-state index contributed by atoms with van der Waals surface area (Å²) in [5.74, 6) is -0.870. The summed E-state index contributed by atoms with van der Waals surface area (Å²) in [5, 5.41) is 12.8. The molecule has 0 aliphatic heterocycles. The van der Waals surface area contributed by atoms with Crippen LogP contribution >= 0.6 is 46.4 Å². The van der Waals surface area contributed by atoms with E-state index in [0.29, 0.717) is 16.1 Å². The van der Waals surface area contributed by atoms with Gasteiger partial charge >= 0.3 is 0 Å². The predicted octanol–water partition coefficient (Wildman–Crippen LogP) is 4.16. The van der Waals surface area contributed by atoms with Crippen LogP contribution in [0.25, 0.3) is 0 Å². The number of ketones is 1. The molecule has 1 aromatic heterocycles. The van der Waals surface area contributed by atoms with Crippen LogP contribution in [0.2, 0.25) is 20.1 Å². The van der Waals surface area contributed by atoms with Gasteiger partial charge in [0.05, 0.1) is 25.7 Å². The number of benzene rings is 2. The van der Waals surface area contributed by atoms with Gasteiger partial charge in [0.1, 0.15) is 0 Å². The lowest BCUT2D eigenvalue weighted by Gasteiger charge is -2.11. The van der Waals surface area contributed by atoms with Crippen molar-refractivity contribution in [3.63, 3.8) is 0 Å². The summed E-state index contributed by atoms with van der Waals surface area (Å²) < 4.78 is 0. The Bertz CT molecular complexity index is 1060. The lowest BCUT2D eigenvalue weighted by atomic mass is 10.0. The first-order valence-corrected chi connectivity index (χ1v) is 9.21. The van der Waals surface area contributed by atoms with Crippen LogP contribution in [0, 0.1) is 0 Å². The van der Waals surface area contributed by atoms with Crippen LogP contribution in [-0.2, 0) is 6.54 Å². The molecule has 1 heterocycles. The highest BCUT2D eigenvalue weighted by Crippen LogP contribution is 2.31. The standard InChI is InChI=1S/C17H11Cl4N5O2/c18-9-2-1-8(5-10(9)19)15(27)13-11(20)3-7(4-12(13)21)6-23-17(28)14-16(22)25-26-24-14/h1-5H,6H2,(H,23,28)(H3,22,24,25,26). The van der Waals surface area contributed by atoms with Gasteiger partial charge in [-0.25, -0.2) is 5.10 Å². The number of carbonyl (C=O) groups excluding carboxylic acids is 2. The number of H-pyrrole nitrogens is 1. The Balaban J connectivity index is 1.80. The highest BCUT2D eigenvalue weighted by Gasteiger charge is 2.19. The first-order chi connectivity index (χ1) is 13.3. The van der Waals surface area contributed by atoms with Gasteiger partial charge in [0.2, 0.25) is 0 Å². The van der Waals surface area contributed by atoms with E-state index in [9.17, 15) is 9.59 Å². The summed E-state index contributed by atoms with van der Waals surface area (Å²) in [6.07, 6.45) is 0. The minimum atomic E-state index is -0.519. The predicted molar refractivity (Wildman–Crippen MR) is 108 cm³/mol. The van der Waals surface area contributed by atoms with Crippen LogP contribution in [0.4, 0.5) is 5.82 Å². The van der Waals surface area contributed by atoms with E-state index in [2.05, 4.69) is 20.7 Å². The van der Waals surface area contributed by atoms with E-state index in [4.69, 9.17) is 52.1 Å². The van der Waals surface area contributed by atoms with Gasteiger partial charge in [-0.05, 0) is 35.9 Å². The maximum atomic E-state index is 12.7. The van der Waals surface area contributed by atoms with Crippen LogP contribution in [-0.4, -0.2) is 27.1 Å². The number of aromatic nitrogens is 3. The lowest BCUT2D eigenvalue weighted by molar-refractivity contribution is 0.0946. The van der Waals surface area contributed by atoms with E-state index < -0.39 is 11.7 Å². The van der Waals surface area contributed by atoms with Gasteiger partial charge in [0.15, 0.2) is 17.3 Å². The third kappa shape index (κ3) is 4.23. The number of aromatic amines is 1. The molecule has 0 saturated heterocycles. The summed E-state index contributed by atoms with van der Waals surface area (Å²) in [7, 11) is 0. The Labute approximate surface area is 179 Å². The molecule has 0 bridgehead atoms. The number of carbonyl (C=O) groups is 2. The number of rotatable bonds is 5. The van der Waals surface area contributed by atoms with Gasteiger partial charge < -0.3 is 11.1 Å². The smallest absolute Gasteiger partial charge is 0.275 e. The molecule has 28 heavy (non-hydrogen) atoms. The summed E-state index contributed by atoms with van der Waals surface area (Å²) in [6, 6.07) is 7.54. The molecule has 144 valence electrons. The van der Waals surface area contributed by atoms with Crippen LogP contribution in [0.1, 0.15) is 32.0 Å². The highest BCUT2D eigenvalue weighted by atomic mass is 35.5. The summed E-state index contributed by atoms with van der Waals surface area (Å²) >= 11 is 24.4. The number of hydrogen-bond acceptors (Lipinski definition) is 5. The molecule has 3 rings (SSSR count). The average molecular weight is 459 g/mol. The Morgan fingerprint density at radius 3 is 2.25 bits per heavy atom. The van der Waals surface area contributed by atoms with Crippen LogP contribution < -0.4 is 11.1 Å². The molecule has 11 heteroatoms. The summed E-state index contributed by atoms with van der Waals surface area (Å²) in [5.41, 5.74) is 6.52.